The molecule has 0 radical (unpaired) electrons. The maximum Gasteiger partial charge on any atom is 0.218 e. The van der Waals surface area contributed by atoms with Gasteiger partial charge in [-0.1, -0.05) is 36.7 Å². The van der Waals surface area contributed by atoms with Gasteiger partial charge in [-0.3, -0.25) is 9.59 Å². The number of ketones is 1. The van der Waals surface area contributed by atoms with Gasteiger partial charge in [0, 0.05) is 29.6 Å². The van der Waals surface area contributed by atoms with E-state index in [0.717, 1.165) is 0 Å². The van der Waals surface area contributed by atoms with E-state index in [-0.39, 0.29) is 46.6 Å². The lowest BCUT2D eigenvalue weighted by atomic mass is 9.95. The minimum Gasteiger partial charge on any atom is -0.370 e. The van der Waals surface area contributed by atoms with Crippen LogP contribution >= 0.6 is 24.0 Å². The lowest BCUT2D eigenvalue weighted by Crippen LogP contribution is -2.34. The minimum atomic E-state index is -0.717. The van der Waals surface area contributed by atoms with E-state index in [1.165, 1.54) is 24.3 Å². The molecule has 0 fully saturated rings. The summed E-state index contributed by atoms with van der Waals surface area (Å²) in [7, 11) is 0. The highest BCUT2D eigenvalue weighted by Gasteiger charge is 2.25. The van der Waals surface area contributed by atoms with Gasteiger partial charge < -0.3 is 11.1 Å². The van der Waals surface area contributed by atoms with Gasteiger partial charge in [0.05, 0.1) is 22.2 Å². The van der Waals surface area contributed by atoms with E-state index in [1.807, 2.05) is 13.0 Å². The number of amides is 1. The summed E-state index contributed by atoms with van der Waals surface area (Å²) >= 11 is 6.13. The Morgan fingerprint density at radius 3 is 2.59 bits per heavy atom. The van der Waals surface area contributed by atoms with Crippen LogP contribution in [0.3, 0.4) is 0 Å². The van der Waals surface area contributed by atoms with Crippen LogP contribution in [0, 0.1) is 17.1 Å². The number of benzene rings is 2. The molecule has 0 aliphatic heterocycles. The number of nitrogens with zero attached hydrogens (tertiary/aromatic N) is 1. The van der Waals surface area contributed by atoms with E-state index in [4.69, 9.17) is 22.6 Å². The largest absolute Gasteiger partial charge is 0.370 e. The van der Waals surface area contributed by atoms with Crippen molar-refractivity contribution < 1.29 is 14.0 Å². The van der Waals surface area contributed by atoms with Crippen molar-refractivity contribution >= 4 is 35.7 Å². The SMILES string of the molecule is CC[C@@H](N[C@H](C)CC(N)=O)c1ccc(Cl)c(C(=O)c2cccc(C#N)c2)c1F.Cl. The van der Waals surface area contributed by atoms with Crippen molar-refractivity contribution in [2.75, 3.05) is 0 Å². The second-order valence-corrected chi connectivity index (χ2v) is 6.95. The van der Waals surface area contributed by atoms with E-state index in [2.05, 4.69) is 5.32 Å². The maximum atomic E-state index is 15.3. The fourth-order valence-electron chi connectivity index (χ4n) is 3.05. The average Bonchev–Trinajstić information content (AvgIpc) is 2.66. The molecular weight excluding hydrogens is 416 g/mol. The standard InChI is InChI=1S/C21H21ClFN3O2.ClH/c1-3-17(26-12(2)9-18(25)27)15-7-8-16(22)19(20(15)23)21(28)14-6-4-5-13(10-14)11-24;/h4-8,10,12,17,26H,3,9H2,1-2H3,(H2,25,27);1H/t12-,17-;/m1./s1. The second-order valence-electron chi connectivity index (χ2n) is 6.55. The summed E-state index contributed by atoms with van der Waals surface area (Å²) in [6.07, 6.45) is 0.637. The van der Waals surface area contributed by atoms with Gasteiger partial charge in [-0.25, -0.2) is 4.39 Å². The zero-order valence-corrected chi connectivity index (χ0v) is 17.6. The Balaban J connectivity index is 0.00000420. The van der Waals surface area contributed by atoms with E-state index in [9.17, 15) is 9.59 Å². The highest BCUT2D eigenvalue weighted by Crippen LogP contribution is 2.30. The number of carbonyl (C=O) groups is 2. The van der Waals surface area contributed by atoms with Crippen molar-refractivity contribution in [3.63, 3.8) is 0 Å². The fourth-order valence-corrected chi connectivity index (χ4v) is 3.28. The smallest absolute Gasteiger partial charge is 0.218 e. The number of nitriles is 1. The normalized spacial score (nSPS) is 12.4. The Bertz CT molecular complexity index is 944. The molecule has 1 amide bonds. The van der Waals surface area contributed by atoms with Crippen LogP contribution < -0.4 is 11.1 Å². The molecule has 0 aromatic heterocycles. The van der Waals surface area contributed by atoms with Crippen LogP contribution in [0.1, 0.15) is 59.8 Å². The topological polar surface area (TPSA) is 96.0 Å². The van der Waals surface area contributed by atoms with Crippen molar-refractivity contribution in [3.8, 4) is 6.07 Å². The first kappa shape index (κ1) is 24.6. The third kappa shape index (κ3) is 6.01. The van der Waals surface area contributed by atoms with E-state index >= 15 is 4.39 Å². The fraction of sp³-hybridized carbons (Fsp3) is 0.286. The zero-order chi connectivity index (χ0) is 20.8. The number of rotatable bonds is 8. The van der Waals surface area contributed by atoms with Crippen LogP contribution in [0.15, 0.2) is 36.4 Å². The quantitative estimate of drug-likeness (QED) is 0.601. The molecular formula is C21H22Cl2FN3O2. The summed E-state index contributed by atoms with van der Waals surface area (Å²) in [6.45, 7) is 3.64. The third-order valence-electron chi connectivity index (χ3n) is 4.38. The van der Waals surface area contributed by atoms with Crippen LogP contribution in [-0.4, -0.2) is 17.7 Å². The molecule has 154 valence electrons. The Hall–Kier alpha value is -2.46. The molecule has 0 heterocycles. The van der Waals surface area contributed by atoms with Gasteiger partial charge in [-0.15, -0.1) is 12.4 Å². The number of carbonyl (C=O) groups excluding carboxylic acids is 2. The molecule has 8 heteroatoms. The molecule has 0 spiro atoms. The molecule has 0 aliphatic carbocycles. The first-order chi connectivity index (χ1) is 13.3. The van der Waals surface area contributed by atoms with Gasteiger partial charge in [0.25, 0.3) is 0 Å². The molecule has 0 saturated carbocycles. The highest BCUT2D eigenvalue weighted by atomic mass is 35.5. The van der Waals surface area contributed by atoms with E-state index in [0.29, 0.717) is 12.0 Å². The Kier molecular flexibility index (Phi) is 9.25. The highest BCUT2D eigenvalue weighted by molar-refractivity contribution is 6.35. The van der Waals surface area contributed by atoms with Crippen molar-refractivity contribution in [3.05, 3.63) is 69.5 Å². The summed E-state index contributed by atoms with van der Waals surface area (Å²) in [6, 6.07) is 10.3. The number of halogens is 3. The van der Waals surface area contributed by atoms with Crippen LogP contribution in [0.25, 0.3) is 0 Å². The van der Waals surface area contributed by atoms with Crippen molar-refractivity contribution in [1.29, 1.82) is 5.26 Å². The molecule has 0 bridgehead atoms. The minimum absolute atomic E-state index is 0. The maximum absolute atomic E-state index is 15.3. The molecule has 3 N–H and O–H groups in total. The summed E-state index contributed by atoms with van der Waals surface area (Å²) in [5.74, 6) is -1.77. The number of nitrogens with two attached hydrogens (primary N) is 1. The lowest BCUT2D eigenvalue weighted by Gasteiger charge is -2.23. The second kappa shape index (κ2) is 10.9. The molecule has 29 heavy (non-hydrogen) atoms. The number of nitrogens with one attached hydrogen (secondary N) is 1. The number of hydrogen-bond donors (Lipinski definition) is 2. The molecule has 5 nitrogen and oxygen atoms in total. The number of hydrogen-bond acceptors (Lipinski definition) is 4. The predicted octanol–water partition coefficient (Wildman–Crippen LogP) is 4.31. The monoisotopic (exact) mass is 437 g/mol. The molecule has 2 atom stereocenters. The van der Waals surface area contributed by atoms with Crippen molar-refractivity contribution in [2.45, 2.75) is 38.8 Å². The van der Waals surface area contributed by atoms with Crippen LogP contribution in [0.5, 0.6) is 0 Å². The van der Waals surface area contributed by atoms with Crippen LogP contribution in [0.2, 0.25) is 5.02 Å². The van der Waals surface area contributed by atoms with Gasteiger partial charge >= 0.3 is 0 Å². The van der Waals surface area contributed by atoms with Crippen molar-refractivity contribution in [1.82, 2.24) is 5.32 Å². The van der Waals surface area contributed by atoms with Crippen molar-refractivity contribution in [2.24, 2.45) is 5.73 Å². The van der Waals surface area contributed by atoms with Crippen LogP contribution in [-0.2, 0) is 4.79 Å². The summed E-state index contributed by atoms with van der Waals surface area (Å²) in [5.41, 5.74) is 5.73. The molecule has 2 rings (SSSR count). The average molecular weight is 438 g/mol. The van der Waals surface area contributed by atoms with Crippen LogP contribution in [0.4, 0.5) is 4.39 Å². The van der Waals surface area contributed by atoms with Gasteiger partial charge in [0.15, 0.2) is 5.78 Å². The zero-order valence-electron chi connectivity index (χ0n) is 16.0. The summed E-state index contributed by atoms with van der Waals surface area (Å²) in [5, 5.41) is 12.2. The molecule has 0 aliphatic rings. The number of primary amides is 1. The molecule has 2 aromatic carbocycles. The Labute approximate surface area is 180 Å². The summed E-state index contributed by atoms with van der Waals surface area (Å²) in [4.78, 5) is 24.0. The first-order valence-corrected chi connectivity index (χ1v) is 9.23. The van der Waals surface area contributed by atoms with E-state index < -0.39 is 23.5 Å². The molecule has 2 aromatic rings. The third-order valence-corrected chi connectivity index (χ3v) is 4.69. The summed E-state index contributed by atoms with van der Waals surface area (Å²) < 4.78 is 15.3. The Morgan fingerprint density at radius 1 is 1.31 bits per heavy atom. The van der Waals surface area contributed by atoms with Gasteiger partial charge in [0.1, 0.15) is 5.82 Å². The van der Waals surface area contributed by atoms with Gasteiger partial charge in [0.2, 0.25) is 5.91 Å². The van der Waals surface area contributed by atoms with Gasteiger partial charge in [-0.05, 0) is 31.5 Å². The Morgan fingerprint density at radius 2 is 2.00 bits per heavy atom. The lowest BCUT2D eigenvalue weighted by molar-refractivity contribution is -0.118. The predicted molar refractivity (Wildman–Crippen MR) is 113 cm³/mol. The first-order valence-electron chi connectivity index (χ1n) is 8.85. The molecule has 0 saturated heterocycles. The molecule has 0 unspecified atom stereocenters. The van der Waals surface area contributed by atoms with E-state index in [1.54, 1.807) is 19.1 Å². The van der Waals surface area contributed by atoms with Gasteiger partial charge in [-0.2, -0.15) is 5.26 Å².